The number of benzene rings is 2. The molecule has 0 aromatic heterocycles. The number of carbonyl (C=O) groups is 1. The normalized spacial score (nSPS) is 12.0. The highest BCUT2D eigenvalue weighted by molar-refractivity contribution is 7.66. The van der Waals surface area contributed by atoms with Gasteiger partial charge in [-0.15, -0.1) is 0 Å². The second-order valence-electron chi connectivity index (χ2n) is 4.92. The highest BCUT2D eigenvalue weighted by Crippen LogP contribution is 2.51. The second-order valence-corrected chi connectivity index (χ2v) is 8.84. The van der Waals surface area contributed by atoms with Crippen LogP contribution in [-0.2, 0) is 28.8 Å². The monoisotopic (exact) mass is 370 g/mol. The van der Waals surface area contributed by atoms with E-state index in [-0.39, 0.29) is 11.7 Å². The third kappa shape index (κ3) is 4.09. The van der Waals surface area contributed by atoms with E-state index in [9.17, 15) is 9.36 Å². The zero-order valence-corrected chi connectivity index (χ0v) is 15.8. The minimum atomic E-state index is -3.26. The Morgan fingerprint density at radius 2 is 1.67 bits per heavy atom. The molecule has 0 radical (unpaired) electrons. The summed E-state index contributed by atoms with van der Waals surface area (Å²) >= 11 is 0. The molecule has 24 heavy (non-hydrogen) atoms. The fourth-order valence-electron chi connectivity index (χ4n) is 2.40. The summed E-state index contributed by atoms with van der Waals surface area (Å²) in [7, 11) is 0.611. The van der Waals surface area contributed by atoms with Crippen molar-refractivity contribution in [1.82, 2.24) is 0 Å². The van der Waals surface area contributed by atoms with E-state index >= 15 is 0 Å². The van der Waals surface area contributed by atoms with Gasteiger partial charge >= 0.3 is 7.60 Å². The predicted octanol–water partition coefficient (Wildman–Crippen LogP) is 4.57. The van der Waals surface area contributed by atoms with Gasteiger partial charge in [0, 0.05) is 34.0 Å². The van der Waals surface area contributed by atoms with Crippen LogP contribution in [0.5, 0.6) is 0 Å². The molecule has 0 N–H and O–H groups in total. The van der Waals surface area contributed by atoms with Crippen LogP contribution < -0.4 is 0 Å². The molecule has 0 spiro atoms. The van der Waals surface area contributed by atoms with Gasteiger partial charge in [0.2, 0.25) is 13.9 Å². The van der Waals surface area contributed by atoms with E-state index in [1.54, 1.807) is 12.1 Å². The Balaban J connectivity index is 2.56. The van der Waals surface area contributed by atoms with Crippen LogP contribution in [0.1, 0.15) is 15.9 Å². The Hall–Kier alpha value is -1.13. The van der Waals surface area contributed by atoms with E-state index < -0.39 is 16.0 Å². The summed E-state index contributed by atoms with van der Waals surface area (Å²) < 4.78 is 32.8. The van der Waals surface area contributed by atoms with Crippen LogP contribution in [-0.4, -0.2) is 34.0 Å². The minimum Gasteiger partial charge on any atom is -0.332 e. The zero-order chi connectivity index (χ0) is 17.7. The molecule has 0 bridgehead atoms. The first kappa shape index (κ1) is 19.2. The van der Waals surface area contributed by atoms with Crippen molar-refractivity contribution in [3.63, 3.8) is 0 Å². The molecule has 2 aromatic rings. The van der Waals surface area contributed by atoms with Crippen molar-refractivity contribution >= 4 is 32.3 Å². The Morgan fingerprint density at radius 1 is 1.04 bits per heavy atom. The lowest BCUT2D eigenvalue weighted by atomic mass is 10.0. The van der Waals surface area contributed by atoms with E-state index in [4.69, 9.17) is 18.1 Å². The van der Waals surface area contributed by atoms with E-state index in [0.29, 0.717) is 11.1 Å². The van der Waals surface area contributed by atoms with Gasteiger partial charge in [-0.25, -0.2) is 0 Å². The average Bonchev–Trinajstić information content (AvgIpc) is 2.62. The number of fused-ring (bicyclic) bond motifs is 1. The van der Waals surface area contributed by atoms with Gasteiger partial charge in [-0.3, -0.25) is 9.36 Å². The van der Waals surface area contributed by atoms with Gasteiger partial charge in [0.05, 0.1) is 6.16 Å². The lowest BCUT2D eigenvalue weighted by molar-refractivity contribution is 0.105. The van der Waals surface area contributed by atoms with Crippen LogP contribution in [0.4, 0.5) is 0 Å². The molecule has 0 atom stereocenters. The van der Waals surface area contributed by atoms with E-state index in [1.165, 1.54) is 28.4 Å². The average molecular weight is 370 g/mol. The van der Waals surface area contributed by atoms with Gasteiger partial charge in [0.25, 0.3) is 0 Å². The molecule has 0 unspecified atom stereocenters. The van der Waals surface area contributed by atoms with Gasteiger partial charge in [-0.1, -0.05) is 24.3 Å². The summed E-state index contributed by atoms with van der Waals surface area (Å²) in [5.74, 6) is 0. The van der Waals surface area contributed by atoms with Gasteiger partial charge in [-0.2, -0.15) is 0 Å². The van der Waals surface area contributed by atoms with Crippen molar-refractivity contribution in [2.75, 3.05) is 28.4 Å². The first-order valence-electron chi connectivity index (χ1n) is 7.13. The van der Waals surface area contributed by atoms with Gasteiger partial charge in [0.1, 0.15) is 0 Å². The van der Waals surface area contributed by atoms with Crippen molar-refractivity contribution in [2.45, 2.75) is 6.16 Å². The summed E-state index contributed by atoms with van der Waals surface area (Å²) in [6.07, 6.45) is 0.0690. The van der Waals surface area contributed by atoms with Crippen molar-refractivity contribution in [2.24, 2.45) is 0 Å². The Labute approximate surface area is 142 Å². The maximum Gasteiger partial charge on any atom is 0.334 e. The molecule has 6 nitrogen and oxygen atoms in total. The molecule has 0 saturated heterocycles. The molecule has 8 heteroatoms. The molecule has 0 aliphatic heterocycles. The lowest BCUT2D eigenvalue weighted by Crippen LogP contribution is -2.02. The Bertz CT molecular complexity index is 764. The van der Waals surface area contributed by atoms with Crippen LogP contribution in [0.3, 0.4) is 0 Å². The highest BCUT2D eigenvalue weighted by atomic mass is 31.2. The molecule has 0 amide bonds. The molecular formula is C16H20O6P2. The molecule has 2 rings (SSSR count). The number of rotatable bonds is 8. The van der Waals surface area contributed by atoms with Crippen molar-refractivity contribution in [3.05, 3.63) is 47.5 Å². The second kappa shape index (κ2) is 8.30. The third-order valence-electron chi connectivity index (χ3n) is 3.61. The van der Waals surface area contributed by atoms with E-state index in [2.05, 4.69) is 0 Å². The maximum absolute atomic E-state index is 12.6. The molecular weight excluding hydrogens is 350 g/mol. The highest BCUT2D eigenvalue weighted by Gasteiger charge is 2.26. The Kier molecular flexibility index (Phi) is 6.64. The zero-order valence-electron chi connectivity index (χ0n) is 14.0. The van der Waals surface area contributed by atoms with Gasteiger partial charge < -0.3 is 18.1 Å². The van der Waals surface area contributed by atoms with Crippen LogP contribution >= 0.6 is 16.0 Å². The Morgan fingerprint density at radius 3 is 2.25 bits per heavy atom. The van der Waals surface area contributed by atoms with Gasteiger partial charge in [-0.05, 0) is 28.5 Å². The van der Waals surface area contributed by atoms with E-state index in [0.717, 1.165) is 10.8 Å². The standard InChI is InChI=1S/C16H20O6P2/c1-19-23(20-2)16(17)13-9-12-7-5-6-8-15(12)14(10-13)11-24(18,21-3)22-4/h5-10H,11H2,1-4H3. The first-order chi connectivity index (χ1) is 11.5. The smallest absolute Gasteiger partial charge is 0.332 e. The predicted molar refractivity (Wildman–Crippen MR) is 94.5 cm³/mol. The molecule has 130 valence electrons. The molecule has 0 heterocycles. The fraction of sp³-hybridized carbons (Fsp3) is 0.312. The van der Waals surface area contributed by atoms with Crippen LogP contribution in [0.15, 0.2) is 36.4 Å². The lowest BCUT2D eigenvalue weighted by Gasteiger charge is -2.17. The summed E-state index contributed by atoms with van der Waals surface area (Å²) in [5, 5.41) is 1.75. The quantitative estimate of drug-likeness (QED) is 0.634. The van der Waals surface area contributed by atoms with Crippen molar-refractivity contribution in [3.8, 4) is 0 Å². The maximum atomic E-state index is 12.6. The SMILES string of the molecule is COP(OC)C(=O)c1cc(CP(=O)(OC)OC)c2ccccc2c1. The number of carbonyl (C=O) groups excluding carboxylic acids is 1. The largest absolute Gasteiger partial charge is 0.334 e. The fourth-order valence-corrected chi connectivity index (χ4v) is 4.31. The van der Waals surface area contributed by atoms with Crippen LogP contribution in [0, 0.1) is 0 Å². The minimum absolute atomic E-state index is 0.0690. The molecule has 0 aliphatic rings. The summed E-state index contributed by atoms with van der Waals surface area (Å²) in [6.45, 7) is 0. The number of hydrogen-bond donors (Lipinski definition) is 0. The molecule has 0 fully saturated rings. The van der Waals surface area contributed by atoms with E-state index in [1.807, 2.05) is 24.3 Å². The van der Waals surface area contributed by atoms with Crippen molar-refractivity contribution < 1.29 is 27.5 Å². The summed E-state index contributed by atoms with van der Waals surface area (Å²) in [4.78, 5) is 12.6. The van der Waals surface area contributed by atoms with Gasteiger partial charge in [0.15, 0.2) is 0 Å². The van der Waals surface area contributed by atoms with Crippen molar-refractivity contribution in [1.29, 1.82) is 0 Å². The topological polar surface area (TPSA) is 71.1 Å². The van der Waals surface area contributed by atoms with Crippen LogP contribution in [0.25, 0.3) is 10.8 Å². The summed E-state index contributed by atoms with van der Waals surface area (Å²) in [5.41, 5.74) is 0.912. The van der Waals surface area contributed by atoms with Crippen LogP contribution in [0.2, 0.25) is 0 Å². The summed E-state index contributed by atoms with van der Waals surface area (Å²) in [6, 6.07) is 11.0. The molecule has 0 saturated carbocycles. The molecule has 0 aliphatic carbocycles. The third-order valence-corrected chi connectivity index (χ3v) is 6.71. The first-order valence-corrected chi connectivity index (χ1v) is 10.0. The molecule has 2 aromatic carbocycles. The number of hydrogen-bond acceptors (Lipinski definition) is 6.